The Morgan fingerprint density at radius 2 is 1.53 bits per heavy atom. The van der Waals surface area contributed by atoms with E-state index in [9.17, 15) is 24.5 Å². The van der Waals surface area contributed by atoms with Crippen molar-refractivity contribution in [1.29, 1.82) is 0 Å². The molecule has 0 saturated heterocycles. The van der Waals surface area contributed by atoms with E-state index in [1.54, 1.807) is 49.4 Å². The second-order valence-electron chi connectivity index (χ2n) is 7.14. The first-order valence-corrected chi connectivity index (χ1v) is 10.5. The Hall–Kier alpha value is -4.33. The highest BCUT2D eigenvalue weighted by Gasteiger charge is 2.15. The Balaban J connectivity index is 0.000000242. The second kappa shape index (κ2) is 12.6. The van der Waals surface area contributed by atoms with E-state index in [1.807, 2.05) is 25.1 Å². The molecular weight excluding hydrogens is 438 g/mol. The molecule has 0 atom stereocenters. The summed E-state index contributed by atoms with van der Waals surface area (Å²) in [7, 11) is 1.23. The fraction of sp³-hybridized carbons (Fsp3) is 0.192. The molecule has 0 aromatic heterocycles. The zero-order valence-electron chi connectivity index (χ0n) is 19.1. The third-order valence-corrected chi connectivity index (χ3v) is 4.79. The molecule has 34 heavy (non-hydrogen) atoms. The predicted octanol–water partition coefficient (Wildman–Crippen LogP) is 4.85. The van der Waals surface area contributed by atoms with Crippen molar-refractivity contribution in [3.63, 3.8) is 0 Å². The molecule has 0 bridgehead atoms. The van der Waals surface area contributed by atoms with Gasteiger partial charge in [0, 0.05) is 22.8 Å². The average Bonchev–Trinajstić information content (AvgIpc) is 2.84. The first-order chi connectivity index (χ1) is 16.3. The maximum Gasteiger partial charge on any atom is 0.322 e. The predicted molar refractivity (Wildman–Crippen MR) is 126 cm³/mol. The topological polar surface area (TPSA) is 113 Å². The summed E-state index contributed by atoms with van der Waals surface area (Å²) < 4.78 is 9.44. The second-order valence-corrected chi connectivity index (χ2v) is 7.14. The van der Waals surface area contributed by atoms with Crippen LogP contribution in [0.5, 0.6) is 5.75 Å². The fourth-order valence-corrected chi connectivity index (χ4v) is 3.00. The number of nitrogens with zero attached hydrogens (tertiary/aromatic N) is 1. The van der Waals surface area contributed by atoms with E-state index < -0.39 is 16.9 Å². The zero-order chi connectivity index (χ0) is 25.1. The van der Waals surface area contributed by atoms with Crippen molar-refractivity contribution in [2.24, 2.45) is 0 Å². The summed E-state index contributed by atoms with van der Waals surface area (Å²) in [4.78, 5) is 44.5. The smallest absolute Gasteiger partial charge is 0.322 e. The van der Waals surface area contributed by atoms with Gasteiger partial charge in [-0.3, -0.25) is 24.5 Å². The monoisotopic (exact) mass is 463 g/mol. The van der Waals surface area contributed by atoms with Crippen LogP contribution in [0.3, 0.4) is 0 Å². The quantitative estimate of drug-likeness (QED) is 0.123. The van der Waals surface area contributed by atoms with E-state index in [1.165, 1.54) is 19.2 Å². The number of benzene rings is 3. The van der Waals surface area contributed by atoms with Crippen LogP contribution in [0.15, 0.2) is 72.8 Å². The van der Waals surface area contributed by atoms with Gasteiger partial charge in [0.05, 0.1) is 12.0 Å². The van der Waals surface area contributed by atoms with Gasteiger partial charge in [-0.15, -0.1) is 0 Å². The van der Waals surface area contributed by atoms with Gasteiger partial charge in [-0.25, -0.2) is 0 Å². The number of aryl methyl sites for hydroxylation is 2. The van der Waals surface area contributed by atoms with Crippen LogP contribution in [0.25, 0.3) is 0 Å². The average molecular weight is 463 g/mol. The molecule has 0 unspecified atom stereocenters. The van der Waals surface area contributed by atoms with E-state index in [4.69, 9.17) is 4.74 Å². The van der Waals surface area contributed by atoms with Crippen LogP contribution in [0, 0.1) is 17.0 Å². The van der Waals surface area contributed by atoms with Gasteiger partial charge in [-0.1, -0.05) is 55.5 Å². The minimum atomic E-state index is -0.604. The summed E-state index contributed by atoms with van der Waals surface area (Å²) in [6.07, 6.45) is 0.399. The maximum atomic E-state index is 12.1. The first-order valence-electron chi connectivity index (χ1n) is 10.5. The van der Waals surface area contributed by atoms with Crippen molar-refractivity contribution < 1.29 is 28.8 Å². The van der Waals surface area contributed by atoms with Gasteiger partial charge in [-0.2, -0.15) is 0 Å². The third-order valence-electron chi connectivity index (χ3n) is 4.79. The molecule has 0 amide bonds. The lowest BCUT2D eigenvalue weighted by atomic mass is 10.0. The summed E-state index contributed by atoms with van der Waals surface area (Å²) in [5, 5.41) is 10.7. The molecule has 0 spiro atoms. The molecule has 176 valence electrons. The van der Waals surface area contributed by atoms with Gasteiger partial charge in [-0.05, 0) is 37.1 Å². The van der Waals surface area contributed by atoms with Gasteiger partial charge in [0.15, 0.2) is 5.78 Å². The van der Waals surface area contributed by atoms with E-state index in [0.29, 0.717) is 22.4 Å². The van der Waals surface area contributed by atoms with E-state index in [-0.39, 0.29) is 17.9 Å². The number of hydrogen-bond acceptors (Lipinski definition) is 7. The number of para-hydroxylation sites is 1. The molecule has 3 aromatic carbocycles. The molecule has 0 aliphatic heterocycles. The highest BCUT2D eigenvalue weighted by molar-refractivity contribution is 6.09. The van der Waals surface area contributed by atoms with Gasteiger partial charge in [0.25, 0.3) is 5.69 Å². The van der Waals surface area contributed by atoms with Crippen molar-refractivity contribution in [3.8, 4) is 5.75 Å². The SMILES string of the molecule is CCc1ccccc1OC(=O)CC(=O)OC.Cc1cc(C(=O)c2ccccc2)ccc1[N+](=O)[O-]. The highest BCUT2D eigenvalue weighted by Crippen LogP contribution is 2.21. The number of rotatable bonds is 7. The summed E-state index contributed by atoms with van der Waals surface area (Å²) in [5.41, 5.74) is 2.48. The molecule has 0 saturated carbocycles. The Bertz CT molecular complexity index is 1170. The number of esters is 2. The number of ketones is 1. The number of carbonyl (C=O) groups excluding carboxylic acids is 3. The Labute approximate surface area is 197 Å². The molecule has 8 nitrogen and oxygen atoms in total. The van der Waals surface area contributed by atoms with Crippen molar-refractivity contribution in [1.82, 2.24) is 0 Å². The lowest BCUT2D eigenvalue weighted by Gasteiger charge is -2.07. The summed E-state index contributed by atoms with van der Waals surface area (Å²) >= 11 is 0. The number of nitro benzene ring substituents is 1. The number of carbonyl (C=O) groups is 3. The third kappa shape index (κ3) is 7.37. The van der Waals surface area contributed by atoms with Crippen molar-refractivity contribution >= 4 is 23.4 Å². The van der Waals surface area contributed by atoms with Crippen molar-refractivity contribution in [2.45, 2.75) is 26.7 Å². The molecule has 0 radical (unpaired) electrons. The molecule has 0 aliphatic carbocycles. The normalized spacial score (nSPS) is 9.85. The molecule has 0 aliphatic rings. The zero-order valence-corrected chi connectivity index (χ0v) is 19.1. The molecule has 3 aromatic rings. The van der Waals surface area contributed by atoms with Crippen LogP contribution in [-0.2, 0) is 20.7 Å². The molecule has 0 N–H and O–H groups in total. The highest BCUT2D eigenvalue weighted by atomic mass is 16.6. The van der Waals surface area contributed by atoms with Crippen LogP contribution in [0.4, 0.5) is 5.69 Å². The Morgan fingerprint density at radius 3 is 2.12 bits per heavy atom. The number of ether oxygens (including phenoxy) is 2. The minimum absolute atomic E-state index is 0.0274. The number of nitro groups is 1. The fourth-order valence-electron chi connectivity index (χ4n) is 3.00. The Kier molecular flexibility index (Phi) is 9.64. The number of hydrogen-bond donors (Lipinski definition) is 0. The molecule has 0 fully saturated rings. The van der Waals surface area contributed by atoms with E-state index >= 15 is 0 Å². The Morgan fingerprint density at radius 1 is 0.882 bits per heavy atom. The van der Waals surface area contributed by atoms with E-state index in [2.05, 4.69) is 4.74 Å². The summed E-state index contributed by atoms with van der Waals surface area (Å²) in [5.74, 6) is -0.834. The van der Waals surface area contributed by atoms with Crippen LogP contribution >= 0.6 is 0 Å². The van der Waals surface area contributed by atoms with Gasteiger partial charge >= 0.3 is 11.9 Å². The van der Waals surface area contributed by atoms with E-state index in [0.717, 1.165) is 12.0 Å². The lowest BCUT2D eigenvalue weighted by Crippen LogP contribution is -2.15. The minimum Gasteiger partial charge on any atom is -0.469 e. The summed E-state index contributed by atoms with van der Waals surface area (Å²) in [6, 6.07) is 20.5. The van der Waals surface area contributed by atoms with Crippen LogP contribution in [0.2, 0.25) is 0 Å². The van der Waals surface area contributed by atoms with Crippen molar-refractivity contribution in [3.05, 3.63) is 105 Å². The van der Waals surface area contributed by atoms with Crippen LogP contribution in [0.1, 0.15) is 40.4 Å². The van der Waals surface area contributed by atoms with Crippen molar-refractivity contribution in [2.75, 3.05) is 7.11 Å². The number of methoxy groups -OCH3 is 1. The molecular formula is C26H25NO7. The first kappa shape index (κ1) is 25.9. The van der Waals surface area contributed by atoms with Crippen LogP contribution < -0.4 is 4.74 Å². The van der Waals surface area contributed by atoms with Gasteiger partial charge in [0.1, 0.15) is 12.2 Å². The molecule has 3 rings (SSSR count). The maximum absolute atomic E-state index is 12.1. The van der Waals surface area contributed by atoms with Gasteiger partial charge < -0.3 is 9.47 Å². The summed E-state index contributed by atoms with van der Waals surface area (Å²) in [6.45, 7) is 3.59. The standard InChI is InChI=1S/C14H11NO3.C12H14O4/c1-10-9-12(7-8-13(10)15(17)18)14(16)11-5-3-2-4-6-11;1-3-9-6-4-5-7-10(9)16-12(14)8-11(13)15-2/h2-9H,1H3;4-7H,3,8H2,1-2H3. The van der Waals surface area contributed by atoms with Crippen LogP contribution in [-0.4, -0.2) is 29.8 Å². The largest absolute Gasteiger partial charge is 0.469 e. The molecule has 8 heteroatoms. The lowest BCUT2D eigenvalue weighted by molar-refractivity contribution is -0.385. The molecule has 0 heterocycles. The van der Waals surface area contributed by atoms with Gasteiger partial charge in [0.2, 0.25) is 0 Å².